The largest absolute Gasteiger partial charge is 0.383 e. The van der Waals surface area contributed by atoms with Gasteiger partial charge in [0.05, 0.1) is 15.8 Å². The summed E-state index contributed by atoms with van der Waals surface area (Å²) in [4.78, 5) is 0.448. The van der Waals surface area contributed by atoms with E-state index in [4.69, 9.17) is 0 Å². The van der Waals surface area contributed by atoms with Crippen LogP contribution >= 0.6 is 0 Å². The maximum absolute atomic E-state index is 12.6. The van der Waals surface area contributed by atoms with E-state index in [1.807, 2.05) is 39.8 Å². The molecule has 2 rings (SSSR count). The second-order valence-electron chi connectivity index (χ2n) is 5.78. The topological polar surface area (TPSA) is 46.2 Å². The maximum atomic E-state index is 12.6. The number of aryl methyl sites for hydroxylation is 1. The molecule has 1 atom stereocenters. The molecule has 1 aromatic rings. The molecule has 1 aliphatic heterocycles. The Morgan fingerprint density at radius 1 is 1.29 bits per heavy atom. The van der Waals surface area contributed by atoms with Gasteiger partial charge < -0.3 is 5.32 Å². The predicted molar refractivity (Wildman–Crippen MR) is 70.1 cm³/mol. The molecule has 0 radical (unpaired) electrons. The van der Waals surface area contributed by atoms with Crippen LogP contribution in [0, 0.1) is 12.3 Å². The number of anilines is 1. The summed E-state index contributed by atoms with van der Waals surface area (Å²) in [6, 6.07) is 5.54. The Kier molecular flexibility index (Phi) is 2.73. The lowest BCUT2D eigenvalue weighted by molar-refractivity contribution is 0.382. The van der Waals surface area contributed by atoms with Gasteiger partial charge in [-0.05, 0) is 30.0 Å². The number of nitrogens with one attached hydrogen (secondary N) is 1. The SMILES string of the molecule is Cc1ccc2c(c1)S(=O)(=O)C(C(C)(C)C)CN2. The molecule has 17 heavy (non-hydrogen) atoms. The van der Waals surface area contributed by atoms with E-state index in [0.717, 1.165) is 11.3 Å². The van der Waals surface area contributed by atoms with Crippen LogP contribution in [-0.4, -0.2) is 20.2 Å². The molecule has 0 saturated heterocycles. The predicted octanol–water partition coefficient (Wildman–Crippen LogP) is 2.61. The normalized spacial score (nSPS) is 22.7. The lowest BCUT2D eigenvalue weighted by Crippen LogP contribution is -2.43. The summed E-state index contributed by atoms with van der Waals surface area (Å²) in [5.41, 5.74) is 1.45. The highest BCUT2D eigenvalue weighted by Crippen LogP contribution is 2.37. The number of fused-ring (bicyclic) bond motifs is 1. The lowest BCUT2D eigenvalue weighted by Gasteiger charge is -2.35. The van der Waals surface area contributed by atoms with Crippen LogP contribution in [0.3, 0.4) is 0 Å². The molecular weight excluding hydrogens is 234 g/mol. The van der Waals surface area contributed by atoms with Crippen LogP contribution in [0.15, 0.2) is 23.1 Å². The smallest absolute Gasteiger partial charge is 0.185 e. The van der Waals surface area contributed by atoms with Gasteiger partial charge in [0, 0.05) is 6.54 Å². The average Bonchev–Trinajstić information content (AvgIpc) is 2.16. The fourth-order valence-electron chi connectivity index (χ4n) is 2.25. The summed E-state index contributed by atoms with van der Waals surface area (Å²) in [6.45, 7) is 8.31. The molecule has 1 heterocycles. The van der Waals surface area contributed by atoms with Crippen molar-refractivity contribution in [3.63, 3.8) is 0 Å². The molecule has 94 valence electrons. The molecule has 0 amide bonds. The number of hydrogen-bond donors (Lipinski definition) is 1. The van der Waals surface area contributed by atoms with Gasteiger partial charge in [0.25, 0.3) is 0 Å². The van der Waals surface area contributed by atoms with Crippen molar-refractivity contribution in [2.75, 3.05) is 11.9 Å². The Morgan fingerprint density at radius 2 is 1.94 bits per heavy atom. The van der Waals surface area contributed by atoms with E-state index >= 15 is 0 Å². The molecule has 0 saturated carbocycles. The molecule has 0 aliphatic carbocycles. The number of sulfone groups is 1. The third-order valence-electron chi connectivity index (χ3n) is 3.26. The van der Waals surface area contributed by atoms with Crippen molar-refractivity contribution < 1.29 is 8.42 Å². The van der Waals surface area contributed by atoms with Crippen molar-refractivity contribution in [2.24, 2.45) is 5.41 Å². The average molecular weight is 253 g/mol. The van der Waals surface area contributed by atoms with E-state index in [1.54, 1.807) is 6.07 Å². The van der Waals surface area contributed by atoms with Gasteiger partial charge in [-0.1, -0.05) is 26.8 Å². The summed E-state index contributed by atoms with van der Waals surface area (Å²) >= 11 is 0. The quantitative estimate of drug-likeness (QED) is 0.773. The molecule has 4 heteroatoms. The molecule has 3 nitrogen and oxygen atoms in total. The van der Waals surface area contributed by atoms with Gasteiger partial charge in [0.15, 0.2) is 9.84 Å². The highest BCUT2D eigenvalue weighted by molar-refractivity contribution is 7.92. The molecule has 0 fully saturated rings. The number of hydrogen-bond acceptors (Lipinski definition) is 3. The summed E-state index contributed by atoms with van der Waals surface area (Å²) in [5.74, 6) is 0. The van der Waals surface area contributed by atoms with Crippen molar-refractivity contribution >= 4 is 15.5 Å². The Labute approximate surface area is 103 Å². The fraction of sp³-hybridized carbons (Fsp3) is 0.538. The van der Waals surface area contributed by atoms with Crippen LogP contribution in [0.2, 0.25) is 0 Å². The summed E-state index contributed by atoms with van der Waals surface area (Å²) in [7, 11) is -3.23. The summed E-state index contributed by atoms with van der Waals surface area (Å²) < 4.78 is 25.1. The zero-order valence-electron chi connectivity index (χ0n) is 10.7. The lowest BCUT2D eigenvalue weighted by atomic mass is 9.91. The van der Waals surface area contributed by atoms with Gasteiger partial charge in [0.1, 0.15) is 0 Å². The van der Waals surface area contributed by atoms with E-state index in [2.05, 4.69) is 5.32 Å². The van der Waals surface area contributed by atoms with Crippen molar-refractivity contribution in [2.45, 2.75) is 37.8 Å². The van der Waals surface area contributed by atoms with E-state index < -0.39 is 9.84 Å². The van der Waals surface area contributed by atoms with Crippen LogP contribution in [0.1, 0.15) is 26.3 Å². The molecule has 1 aliphatic rings. The molecule has 1 N–H and O–H groups in total. The highest BCUT2D eigenvalue weighted by Gasteiger charge is 2.41. The maximum Gasteiger partial charge on any atom is 0.185 e. The van der Waals surface area contributed by atoms with Crippen LogP contribution in [0.25, 0.3) is 0 Å². The van der Waals surface area contributed by atoms with Crippen LogP contribution in [-0.2, 0) is 9.84 Å². The fourth-order valence-corrected chi connectivity index (χ4v) is 4.59. The van der Waals surface area contributed by atoms with Crippen molar-refractivity contribution in [1.82, 2.24) is 0 Å². The van der Waals surface area contributed by atoms with E-state index in [-0.39, 0.29) is 10.7 Å². The second-order valence-corrected chi connectivity index (χ2v) is 7.88. The molecular formula is C13H19NO2S. The van der Waals surface area contributed by atoms with Crippen molar-refractivity contribution in [3.8, 4) is 0 Å². The van der Waals surface area contributed by atoms with Gasteiger partial charge in [-0.15, -0.1) is 0 Å². The number of rotatable bonds is 0. The first-order chi connectivity index (χ1) is 7.73. The minimum absolute atomic E-state index is 0.257. The summed E-state index contributed by atoms with van der Waals surface area (Å²) in [5, 5.41) is 2.85. The zero-order valence-corrected chi connectivity index (χ0v) is 11.6. The van der Waals surface area contributed by atoms with Crippen LogP contribution < -0.4 is 5.32 Å². The molecule has 1 aromatic carbocycles. The minimum Gasteiger partial charge on any atom is -0.383 e. The van der Waals surface area contributed by atoms with Gasteiger partial charge in [-0.2, -0.15) is 0 Å². The first-order valence-electron chi connectivity index (χ1n) is 5.81. The Morgan fingerprint density at radius 3 is 2.53 bits per heavy atom. The van der Waals surface area contributed by atoms with Crippen LogP contribution in [0.5, 0.6) is 0 Å². The monoisotopic (exact) mass is 253 g/mol. The highest BCUT2D eigenvalue weighted by atomic mass is 32.2. The second kappa shape index (κ2) is 3.73. The third kappa shape index (κ3) is 2.06. The minimum atomic E-state index is -3.23. The zero-order chi connectivity index (χ0) is 12.8. The summed E-state index contributed by atoms with van der Waals surface area (Å²) in [6.07, 6.45) is 0. The van der Waals surface area contributed by atoms with Gasteiger partial charge in [0.2, 0.25) is 0 Å². The number of benzene rings is 1. The van der Waals surface area contributed by atoms with Crippen molar-refractivity contribution in [1.29, 1.82) is 0 Å². The molecule has 0 bridgehead atoms. The Bertz CT molecular complexity index is 541. The van der Waals surface area contributed by atoms with E-state index in [9.17, 15) is 8.42 Å². The van der Waals surface area contributed by atoms with Crippen molar-refractivity contribution in [3.05, 3.63) is 23.8 Å². The van der Waals surface area contributed by atoms with Crippen LogP contribution in [0.4, 0.5) is 5.69 Å². The van der Waals surface area contributed by atoms with Gasteiger partial charge in [-0.3, -0.25) is 0 Å². The van der Waals surface area contributed by atoms with E-state index in [1.165, 1.54) is 0 Å². The first-order valence-corrected chi connectivity index (χ1v) is 7.36. The van der Waals surface area contributed by atoms with Gasteiger partial charge >= 0.3 is 0 Å². The molecule has 0 aromatic heterocycles. The first kappa shape index (κ1) is 12.4. The molecule has 0 spiro atoms. The third-order valence-corrected chi connectivity index (χ3v) is 5.84. The Balaban J connectivity index is 2.60. The molecule has 1 unspecified atom stereocenters. The van der Waals surface area contributed by atoms with Gasteiger partial charge in [-0.25, -0.2) is 8.42 Å². The standard InChI is InChI=1S/C13H19NO2S/c1-9-5-6-10-11(7-9)17(15,16)12(8-14-10)13(2,3)4/h5-7,12,14H,8H2,1-4H3. The van der Waals surface area contributed by atoms with E-state index in [0.29, 0.717) is 11.4 Å². The Hall–Kier alpha value is -1.03.